The van der Waals surface area contributed by atoms with Crippen LogP contribution < -0.4 is 10.6 Å². The topological polar surface area (TPSA) is 24.1 Å². The van der Waals surface area contributed by atoms with Crippen LogP contribution in [0.4, 0.5) is 11.4 Å². The van der Waals surface area contributed by atoms with E-state index in [1.807, 2.05) is 0 Å². The molecule has 0 atom stereocenters. The molecular weight excluding hydrogens is 316 g/mol. The van der Waals surface area contributed by atoms with Crippen LogP contribution in [0.5, 0.6) is 0 Å². The summed E-state index contributed by atoms with van der Waals surface area (Å²) in [4.78, 5) is 0. The predicted octanol–water partition coefficient (Wildman–Crippen LogP) is 6.14. The Kier molecular flexibility index (Phi) is 5.62. The Labute approximate surface area is 157 Å². The van der Waals surface area contributed by atoms with E-state index in [2.05, 4.69) is 99.0 Å². The first kappa shape index (κ1) is 18.1. The van der Waals surface area contributed by atoms with Crippen molar-refractivity contribution in [3.05, 3.63) is 94.0 Å². The second-order valence-corrected chi connectivity index (χ2v) is 7.28. The SMILES string of the molecule is Cc1cc(C)cc(NCc2cccc(CNc3cc(C)cc(C)c3)c2)c1. The lowest BCUT2D eigenvalue weighted by Crippen LogP contribution is -2.03. The van der Waals surface area contributed by atoms with Crippen LogP contribution in [0, 0.1) is 27.7 Å². The molecule has 0 fully saturated rings. The fourth-order valence-electron chi connectivity index (χ4n) is 3.41. The third-order valence-electron chi connectivity index (χ3n) is 4.43. The summed E-state index contributed by atoms with van der Waals surface area (Å²) in [7, 11) is 0. The lowest BCUT2D eigenvalue weighted by Gasteiger charge is -2.12. The van der Waals surface area contributed by atoms with E-state index in [0.717, 1.165) is 13.1 Å². The Morgan fingerprint density at radius 2 is 0.923 bits per heavy atom. The minimum atomic E-state index is 0.834. The lowest BCUT2D eigenvalue weighted by atomic mass is 10.1. The second-order valence-electron chi connectivity index (χ2n) is 7.28. The molecule has 2 heteroatoms. The maximum Gasteiger partial charge on any atom is 0.0400 e. The lowest BCUT2D eigenvalue weighted by molar-refractivity contribution is 1.09. The minimum Gasteiger partial charge on any atom is -0.381 e. The summed E-state index contributed by atoms with van der Waals surface area (Å²) in [5, 5.41) is 7.08. The number of rotatable bonds is 6. The molecule has 2 nitrogen and oxygen atoms in total. The number of aryl methyl sites for hydroxylation is 4. The number of hydrogen-bond donors (Lipinski definition) is 2. The monoisotopic (exact) mass is 344 g/mol. The highest BCUT2D eigenvalue weighted by Crippen LogP contribution is 2.17. The molecule has 0 aliphatic carbocycles. The van der Waals surface area contributed by atoms with E-state index in [9.17, 15) is 0 Å². The molecule has 134 valence electrons. The van der Waals surface area contributed by atoms with Gasteiger partial charge < -0.3 is 10.6 Å². The van der Waals surface area contributed by atoms with Gasteiger partial charge in [0.15, 0.2) is 0 Å². The van der Waals surface area contributed by atoms with E-state index in [1.165, 1.54) is 44.8 Å². The molecule has 0 aliphatic rings. The van der Waals surface area contributed by atoms with Gasteiger partial charge in [-0.05, 0) is 85.3 Å². The van der Waals surface area contributed by atoms with Crippen molar-refractivity contribution in [2.24, 2.45) is 0 Å². The number of anilines is 2. The van der Waals surface area contributed by atoms with Crippen LogP contribution in [0.15, 0.2) is 60.7 Å². The molecule has 0 amide bonds. The van der Waals surface area contributed by atoms with Crippen LogP contribution in [-0.4, -0.2) is 0 Å². The van der Waals surface area contributed by atoms with Gasteiger partial charge in [-0.25, -0.2) is 0 Å². The van der Waals surface area contributed by atoms with Crippen LogP contribution in [-0.2, 0) is 13.1 Å². The van der Waals surface area contributed by atoms with Gasteiger partial charge in [0, 0.05) is 24.5 Å². The van der Waals surface area contributed by atoms with Crippen molar-refractivity contribution >= 4 is 11.4 Å². The van der Waals surface area contributed by atoms with Crippen molar-refractivity contribution < 1.29 is 0 Å². The normalized spacial score (nSPS) is 10.6. The van der Waals surface area contributed by atoms with E-state index in [4.69, 9.17) is 0 Å². The van der Waals surface area contributed by atoms with Gasteiger partial charge in [-0.15, -0.1) is 0 Å². The van der Waals surface area contributed by atoms with Gasteiger partial charge in [0.2, 0.25) is 0 Å². The predicted molar refractivity (Wildman–Crippen MR) is 113 cm³/mol. The van der Waals surface area contributed by atoms with Gasteiger partial charge in [-0.3, -0.25) is 0 Å². The summed E-state index contributed by atoms with van der Waals surface area (Å²) in [5.41, 5.74) is 10.1. The van der Waals surface area contributed by atoms with Gasteiger partial charge in [-0.2, -0.15) is 0 Å². The molecule has 3 rings (SSSR count). The highest BCUT2D eigenvalue weighted by molar-refractivity contribution is 5.50. The van der Waals surface area contributed by atoms with Gasteiger partial charge >= 0.3 is 0 Å². The molecule has 0 aromatic heterocycles. The van der Waals surface area contributed by atoms with E-state index < -0.39 is 0 Å². The molecule has 0 heterocycles. The van der Waals surface area contributed by atoms with Gasteiger partial charge in [0.25, 0.3) is 0 Å². The Bertz CT molecular complexity index is 785. The first-order valence-electron chi connectivity index (χ1n) is 9.20. The van der Waals surface area contributed by atoms with Crippen molar-refractivity contribution in [1.29, 1.82) is 0 Å². The fraction of sp³-hybridized carbons (Fsp3) is 0.250. The highest BCUT2D eigenvalue weighted by Gasteiger charge is 2.00. The van der Waals surface area contributed by atoms with Crippen molar-refractivity contribution in [2.45, 2.75) is 40.8 Å². The molecule has 0 bridgehead atoms. The van der Waals surface area contributed by atoms with E-state index >= 15 is 0 Å². The molecule has 0 saturated heterocycles. The second kappa shape index (κ2) is 8.09. The van der Waals surface area contributed by atoms with Crippen molar-refractivity contribution in [2.75, 3.05) is 10.6 Å². The molecular formula is C24H28N2. The average Bonchev–Trinajstić information content (AvgIpc) is 2.57. The summed E-state index contributed by atoms with van der Waals surface area (Å²) in [6.07, 6.45) is 0. The largest absolute Gasteiger partial charge is 0.381 e. The summed E-state index contributed by atoms with van der Waals surface area (Å²) < 4.78 is 0. The summed E-state index contributed by atoms with van der Waals surface area (Å²) >= 11 is 0. The van der Waals surface area contributed by atoms with Crippen LogP contribution in [0.2, 0.25) is 0 Å². The number of benzene rings is 3. The first-order valence-corrected chi connectivity index (χ1v) is 9.20. The quantitative estimate of drug-likeness (QED) is 0.561. The Hall–Kier alpha value is -2.74. The molecule has 0 spiro atoms. The Morgan fingerprint density at radius 1 is 0.538 bits per heavy atom. The molecule has 0 saturated carbocycles. The summed E-state index contributed by atoms with van der Waals surface area (Å²) in [6.45, 7) is 10.2. The first-order chi connectivity index (χ1) is 12.5. The van der Waals surface area contributed by atoms with Crippen molar-refractivity contribution in [3.63, 3.8) is 0 Å². The molecule has 3 aromatic rings. The maximum absolute atomic E-state index is 3.54. The molecule has 3 aromatic carbocycles. The van der Waals surface area contributed by atoms with E-state index in [0.29, 0.717) is 0 Å². The Morgan fingerprint density at radius 3 is 1.31 bits per heavy atom. The van der Waals surface area contributed by atoms with E-state index in [1.54, 1.807) is 0 Å². The number of hydrogen-bond acceptors (Lipinski definition) is 2. The average molecular weight is 345 g/mol. The van der Waals surface area contributed by atoms with Gasteiger partial charge in [0.1, 0.15) is 0 Å². The molecule has 0 aliphatic heterocycles. The van der Waals surface area contributed by atoms with Crippen LogP contribution in [0.25, 0.3) is 0 Å². The van der Waals surface area contributed by atoms with Crippen LogP contribution in [0.1, 0.15) is 33.4 Å². The Balaban J connectivity index is 1.62. The van der Waals surface area contributed by atoms with Crippen LogP contribution >= 0.6 is 0 Å². The van der Waals surface area contributed by atoms with Gasteiger partial charge in [0.05, 0.1) is 0 Å². The smallest absolute Gasteiger partial charge is 0.0400 e. The minimum absolute atomic E-state index is 0.834. The zero-order valence-electron chi connectivity index (χ0n) is 16.2. The molecule has 26 heavy (non-hydrogen) atoms. The standard InChI is InChI=1S/C24H28N2/c1-17-8-18(2)11-23(10-17)25-15-21-6-5-7-22(14-21)16-26-24-12-19(3)9-20(4)13-24/h5-14,25-26H,15-16H2,1-4H3. The molecule has 0 unspecified atom stereocenters. The summed E-state index contributed by atoms with van der Waals surface area (Å²) in [5.74, 6) is 0. The maximum atomic E-state index is 3.54. The van der Waals surface area contributed by atoms with Crippen molar-refractivity contribution in [1.82, 2.24) is 0 Å². The summed E-state index contributed by atoms with van der Waals surface area (Å²) in [6, 6.07) is 21.9. The zero-order valence-corrected chi connectivity index (χ0v) is 16.2. The van der Waals surface area contributed by atoms with Gasteiger partial charge in [-0.1, -0.05) is 36.4 Å². The zero-order chi connectivity index (χ0) is 18.5. The van der Waals surface area contributed by atoms with Crippen LogP contribution in [0.3, 0.4) is 0 Å². The molecule has 0 radical (unpaired) electrons. The number of nitrogens with one attached hydrogen (secondary N) is 2. The third-order valence-corrected chi connectivity index (χ3v) is 4.43. The highest BCUT2D eigenvalue weighted by atomic mass is 14.9. The van der Waals surface area contributed by atoms with Crippen molar-refractivity contribution in [3.8, 4) is 0 Å². The molecule has 2 N–H and O–H groups in total. The fourth-order valence-corrected chi connectivity index (χ4v) is 3.41. The third kappa shape index (κ3) is 5.13. The van der Waals surface area contributed by atoms with E-state index in [-0.39, 0.29) is 0 Å².